The number of methoxy groups -OCH3 is 1. The Kier molecular flexibility index (Phi) is 6.27. The first-order chi connectivity index (χ1) is 11.8. The fourth-order valence-electron chi connectivity index (χ4n) is 2.15. The number of amides is 1. The summed E-state index contributed by atoms with van der Waals surface area (Å²) in [5, 5.41) is 2.96. The molecule has 0 heterocycles. The minimum absolute atomic E-state index is 0.160. The molecular weight excluding hydrogens is 364 g/mol. The lowest BCUT2D eigenvalue weighted by molar-refractivity contribution is 0.0954. The number of nitrogens with one attached hydrogen (secondary N) is 2. The normalized spacial score (nSPS) is 11.0. The number of hydrogen-bond acceptors (Lipinski definition) is 4. The summed E-state index contributed by atoms with van der Waals surface area (Å²) < 4.78 is 29.8. The maximum Gasteiger partial charge on any atom is 0.251 e. The van der Waals surface area contributed by atoms with Crippen LogP contribution in [0.3, 0.4) is 0 Å². The molecule has 0 saturated carbocycles. The minimum Gasteiger partial charge on any atom is -0.497 e. The van der Waals surface area contributed by atoms with Gasteiger partial charge in [0.1, 0.15) is 5.75 Å². The molecule has 2 rings (SSSR count). The van der Waals surface area contributed by atoms with Crippen molar-refractivity contribution in [3.05, 3.63) is 58.6 Å². The molecular formula is C17H19ClN2O4S. The van der Waals surface area contributed by atoms with Crippen LogP contribution in [-0.4, -0.2) is 34.2 Å². The van der Waals surface area contributed by atoms with Gasteiger partial charge in [0.2, 0.25) is 10.0 Å². The highest BCUT2D eigenvalue weighted by Crippen LogP contribution is 2.23. The summed E-state index contributed by atoms with van der Waals surface area (Å²) >= 11 is 6.02. The summed E-state index contributed by atoms with van der Waals surface area (Å²) in [7, 11) is -1.82. The number of carbonyl (C=O) groups excluding carboxylic acids is 1. The topological polar surface area (TPSA) is 84.5 Å². The van der Waals surface area contributed by atoms with Crippen molar-refractivity contribution in [1.29, 1.82) is 0 Å². The van der Waals surface area contributed by atoms with E-state index < -0.39 is 10.0 Å². The Morgan fingerprint density at radius 2 is 1.84 bits per heavy atom. The summed E-state index contributed by atoms with van der Waals surface area (Å²) in [5.41, 5.74) is 1.67. The van der Waals surface area contributed by atoms with E-state index in [9.17, 15) is 13.2 Å². The molecule has 0 aromatic heterocycles. The van der Waals surface area contributed by atoms with Gasteiger partial charge in [-0.1, -0.05) is 23.7 Å². The number of carbonyl (C=O) groups is 1. The van der Waals surface area contributed by atoms with E-state index in [1.165, 1.54) is 18.2 Å². The lowest BCUT2D eigenvalue weighted by Gasteiger charge is -2.09. The van der Waals surface area contributed by atoms with Gasteiger partial charge >= 0.3 is 0 Å². The molecule has 0 aliphatic rings. The van der Waals surface area contributed by atoms with Crippen molar-refractivity contribution in [3.63, 3.8) is 0 Å². The standard InChI is InChI=1S/C17H19ClN2O4S/c1-24-14-6-3-12(4-7-14)9-10-19-17(21)13-5-8-16(15(18)11-13)20-25(2,22)23/h3-8,11,20H,9-10H2,1-2H3,(H,19,21). The third kappa shape index (κ3) is 5.95. The predicted octanol–water partition coefficient (Wildman–Crippen LogP) is 2.69. The Hall–Kier alpha value is -2.25. The third-order valence-electron chi connectivity index (χ3n) is 3.38. The zero-order valence-corrected chi connectivity index (χ0v) is 15.4. The van der Waals surface area contributed by atoms with Crippen LogP contribution in [-0.2, 0) is 16.4 Å². The molecule has 0 unspecified atom stereocenters. The lowest BCUT2D eigenvalue weighted by Crippen LogP contribution is -2.25. The van der Waals surface area contributed by atoms with Crippen molar-refractivity contribution < 1.29 is 17.9 Å². The van der Waals surface area contributed by atoms with Gasteiger partial charge in [0.25, 0.3) is 5.91 Å². The number of benzene rings is 2. The molecule has 0 fully saturated rings. The molecule has 1 amide bonds. The molecule has 134 valence electrons. The van der Waals surface area contributed by atoms with Crippen LogP contribution in [0.4, 0.5) is 5.69 Å². The van der Waals surface area contributed by atoms with Crippen LogP contribution in [0.15, 0.2) is 42.5 Å². The average molecular weight is 383 g/mol. The Labute approximate surface area is 152 Å². The summed E-state index contributed by atoms with van der Waals surface area (Å²) in [4.78, 5) is 12.2. The Morgan fingerprint density at radius 1 is 1.16 bits per heavy atom. The highest BCUT2D eigenvalue weighted by molar-refractivity contribution is 7.92. The van der Waals surface area contributed by atoms with Gasteiger partial charge in [-0.2, -0.15) is 0 Å². The second-order valence-corrected chi connectivity index (χ2v) is 7.58. The van der Waals surface area contributed by atoms with Gasteiger partial charge in [0.15, 0.2) is 0 Å². The van der Waals surface area contributed by atoms with E-state index in [1.807, 2.05) is 24.3 Å². The van der Waals surface area contributed by atoms with E-state index in [2.05, 4.69) is 10.0 Å². The maximum absolute atomic E-state index is 12.2. The zero-order chi connectivity index (χ0) is 18.4. The second kappa shape index (κ2) is 8.22. The summed E-state index contributed by atoms with van der Waals surface area (Å²) in [5.74, 6) is 0.506. The molecule has 0 aliphatic heterocycles. The highest BCUT2D eigenvalue weighted by Gasteiger charge is 2.11. The number of hydrogen-bond donors (Lipinski definition) is 2. The van der Waals surface area contributed by atoms with Crippen LogP contribution in [0.25, 0.3) is 0 Å². The van der Waals surface area contributed by atoms with Gasteiger partial charge in [-0.25, -0.2) is 8.42 Å². The largest absolute Gasteiger partial charge is 0.497 e. The van der Waals surface area contributed by atoms with Crippen LogP contribution in [0.2, 0.25) is 5.02 Å². The number of sulfonamides is 1. The first kappa shape index (κ1) is 19.1. The van der Waals surface area contributed by atoms with E-state index in [0.29, 0.717) is 18.5 Å². The van der Waals surface area contributed by atoms with Crippen molar-refractivity contribution in [2.75, 3.05) is 24.6 Å². The fraction of sp³-hybridized carbons (Fsp3) is 0.235. The van der Waals surface area contributed by atoms with Gasteiger partial charge < -0.3 is 10.1 Å². The van der Waals surface area contributed by atoms with Gasteiger partial charge in [0, 0.05) is 12.1 Å². The predicted molar refractivity (Wildman–Crippen MR) is 98.9 cm³/mol. The molecule has 8 heteroatoms. The third-order valence-corrected chi connectivity index (χ3v) is 4.29. The maximum atomic E-state index is 12.2. The van der Waals surface area contributed by atoms with Crippen LogP contribution < -0.4 is 14.8 Å². The molecule has 2 aromatic carbocycles. The summed E-state index contributed by atoms with van der Waals surface area (Å²) in [6, 6.07) is 12.0. The molecule has 0 saturated heterocycles. The Balaban J connectivity index is 1.93. The van der Waals surface area contributed by atoms with Crippen molar-refractivity contribution >= 4 is 33.2 Å². The van der Waals surface area contributed by atoms with E-state index in [0.717, 1.165) is 17.6 Å². The fourth-order valence-corrected chi connectivity index (χ4v) is 3.01. The van der Waals surface area contributed by atoms with E-state index in [4.69, 9.17) is 16.3 Å². The van der Waals surface area contributed by atoms with Gasteiger partial charge in [-0.3, -0.25) is 9.52 Å². The van der Waals surface area contributed by atoms with Crippen LogP contribution in [0.5, 0.6) is 5.75 Å². The first-order valence-electron chi connectivity index (χ1n) is 7.47. The van der Waals surface area contributed by atoms with E-state index in [-0.39, 0.29) is 16.6 Å². The molecule has 0 spiro atoms. The lowest BCUT2D eigenvalue weighted by atomic mass is 10.1. The molecule has 6 nitrogen and oxygen atoms in total. The van der Waals surface area contributed by atoms with Crippen LogP contribution in [0.1, 0.15) is 15.9 Å². The number of ether oxygens (including phenoxy) is 1. The first-order valence-corrected chi connectivity index (χ1v) is 9.74. The smallest absolute Gasteiger partial charge is 0.251 e. The highest BCUT2D eigenvalue weighted by atomic mass is 35.5. The quantitative estimate of drug-likeness (QED) is 0.771. The van der Waals surface area contributed by atoms with Gasteiger partial charge in [-0.05, 0) is 42.3 Å². The monoisotopic (exact) mass is 382 g/mol. The molecule has 25 heavy (non-hydrogen) atoms. The van der Waals surface area contributed by atoms with Gasteiger partial charge in [0.05, 0.1) is 24.1 Å². The van der Waals surface area contributed by atoms with Crippen molar-refractivity contribution in [2.24, 2.45) is 0 Å². The minimum atomic E-state index is -3.43. The summed E-state index contributed by atoms with van der Waals surface area (Å²) in [6.45, 7) is 0.464. The molecule has 0 bridgehead atoms. The Morgan fingerprint density at radius 3 is 2.40 bits per heavy atom. The van der Waals surface area contributed by atoms with E-state index >= 15 is 0 Å². The Bertz CT molecular complexity index is 851. The van der Waals surface area contributed by atoms with Gasteiger partial charge in [-0.15, -0.1) is 0 Å². The molecule has 2 N–H and O–H groups in total. The number of halogens is 1. The molecule has 0 atom stereocenters. The number of rotatable bonds is 7. The van der Waals surface area contributed by atoms with Crippen molar-refractivity contribution in [2.45, 2.75) is 6.42 Å². The van der Waals surface area contributed by atoms with Crippen molar-refractivity contribution in [1.82, 2.24) is 5.32 Å². The van der Waals surface area contributed by atoms with E-state index in [1.54, 1.807) is 7.11 Å². The second-order valence-electron chi connectivity index (χ2n) is 5.42. The zero-order valence-electron chi connectivity index (χ0n) is 13.9. The molecule has 0 radical (unpaired) electrons. The molecule has 2 aromatic rings. The van der Waals surface area contributed by atoms with Crippen LogP contribution >= 0.6 is 11.6 Å². The molecule has 0 aliphatic carbocycles. The van der Waals surface area contributed by atoms with Crippen molar-refractivity contribution in [3.8, 4) is 5.75 Å². The average Bonchev–Trinajstić information content (AvgIpc) is 2.56. The number of anilines is 1. The SMILES string of the molecule is COc1ccc(CCNC(=O)c2ccc(NS(C)(=O)=O)c(Cl)c2)cc1. The van der Waals surface area contributed by atoms with Crippen LogP contribution in [0, 0.1) is 0 Å². The summed E-state index contributed by atoms with van der Waals surface area (Å²) in [6.07, 6.45) is 1.71.